The molecule has 5 heteroatoms. The van der Waals surface area contributed by atoms with E-state index in [1.165, 1.54) is 6.42 Å². The number of rotatable bonds is 5. The zero-order valence-corrected chi connectivity index (χ0v) is 13.5. The summed E-state index contributed by atoms with van der Waals surface area (Å²) in [7, 11) is 0. The van der Waals surface area contributed by atoms with Gasteiger partial charge in [-0.1, -0.05) is 36.3 Å². The molecule has 2 unspecified atom stereocenters. The van der Waals surface area contributed by atoms with Crippen LogP contribution < -0.4 is 5.73 Å². The van der Waals surface area contributed by atoms with Crippen molar-refractivity contribution in [2.45, 2.75) is 25.8 Å². The number of hydrogen-bond acceptors (Lipinski definition) is 5. The third-order valence-electron chi connectivity index (χ3n) is 4.40. The fourth-order valence-electron chi connectivity index (χ4n) is 2.74. The van der Waals surface area contributed by atoms with Crippen molar-refractivity contribution >= 4 is 12.2 Å². The van der Waals surface area contributed by atoms with Gasteiger partial charge < -0.3 is 14.7 Å². The van der Waals surface area contributed by atoms with Gasteiger partial charge in [0.2, 0.25) is 5.82 Å². The maximum atomic E-state index is 5.83. The number of furan rings is 1. The quantitative estimate of drug-likeness (QED) is 0.766. The van der Waals surface area contributed by atoms with E-state index in [1.807, 2.05) is 42.5 Å². The van der Waals surface area contributed by atoms with E-state index in [0.29, 0.717) is 24.2 Å². The summed E-state index contributed by atoms with van der Waals surface area (Å²) in [6.07, 6.45) is 4.84. The third kappa shape index (κ3) is 3.03. The fraction of sp³-hybridized carbons (Fsp3) is 0.263. The molecule has 2 aromatic heterocycles. The number of benzene rings is 1. The van der Waals surface area contributed by atoms with Crippen molar-refractivity contribution in [3.05, 3.63) is 59.4 Å². The first-order chi connectivity index (χ1) is 11.7. The second-order valence-electron chi connectivity index (χ2n) is 6.25. The zero-order valence-electron chi connectivity index (χ0n) is 13.5. The molecule has 2 N–H and O–H groups in total. The van der Waals surface area contributed by atoms with E-state index in [0.717, 1.165) is 28.6 Å². The normalized spacial score (nSPS) is 19.9. The Morgan fingerprint density at radius 2 is 1.96 bits per heavy atom. The minimum absolute atomic E-state index is 0.450. The Hall–Kier alpha value is -2.66. The highest BCUT2D eigenvalue weighted by molar-refractivity contribution is 5.64. The first-order valence-electron chi connectivity index (χ1n) is 8.14. The molecule has 2 atom stereocenters. The molecule has 1 aromatic carbocycles. The molecular formula is C19H19N3O2. The van der Waals surface area contributed by atoms with Gasteiger partial charge in [-0.3, -0.25) is 0 Å². The van der Waals surface area contributed by atoms with Gasteiger partial charge in [0.15, 0.2) is 0 Å². The maximum absolute atomic E-state index is 5.83. The highest BCUT2D eigenvalue weighted by Gasteiger charge is 2.36. The Kier molecular flexibility index (Phi) is 3.78. The van der Waals surface area contributed by atoms with E-state index in [2.05, 4.69) is 17.1 Å². The highest BCUT2D eigenvalue weighted by atomic mass is 16.5. The van der Waals surface area contributed by atoms with Crippen LogP contribution in [0.25, 0.3) is 23.5 Å². The summed E-state index contributed by atoms with van der Waals surface area (Å²) in [4.78, 5) is 4.38. The van der Waals surface area contributed by atoms with Gasteiger partial charge in [-0.25, -0.2) is 0 Å². The van der Waals surface area contributed by atoms with Crippen molar-refractivity contribution in [1.82, 2.24) is 10.1 Å². The van der Waals surface area contributed by atoms with Crippen molar-refractivity contribution in [2.24, 2.45) is 11.7 Å². The van der Waals surface area contributed by atoms with Gasteiger partial charge in [0.25, 0.3) is 5.89 Å². The first kappa shape index (κ1) is 14.9. The van der Waals surface area contributed by atoms with Crippen LogP contribution in [0.4, 0.5) is 0 Å². The molecule has 0 bridgehead atoms. The minimum atomic E-state index is 0.450. The Morgan fingerprint density at radius 1 is 1.17 bits per heavy atom. The molecule has 0 saturated heterocycles. The number of aromatic nitrogens is 2. The predicted octanol–water partition coefficient (Wildman–Crippen LogP) is 4.08. The Labute approximate surface area is 140 Å². The van der Waals surface area contributed by atoms with Crippen LogP contribution in [0.5, 0.6) is 0 Å². The molecule has 1 aliphatic rings. The summed E-state index contributed by atoms with van der Waals surface area (Å²) in [6.45, 7) is 2.76. The third-order valence-corrected chi connectivity index (χ3v) is 4.40. The molecule has 0 radical (unpaired) electrons. The van der Waals surface area contributed by atoms with Gasteiger partial charge in [-0.2, -0.15) is 4.98 Å². The van der Waals surface area contributed by atoms with Gasteiger partial charge in [-0.05, 0) is 36.1 Å². The van der Waals surface area contributed by atoms with Crippen LogP contribution in [0.15, 0.2) is 45.3 Å². The van der Waals surface area contributed by atoms with E-state index >= 15 is 0 Å². The maximum Gasteiger partial charge on any atom is 0.251 e. The Bertz CT molecular complexity index is 861. The van der Waals surface area contributed by atoms with E-state index in [-0.39, 0.29) is 0 Å². The molecule has 1 saturated carbocycles. The summed E-state index contributed by atoms with van der Waals surface area (Å²) >= 11 is 0. The van der Waals surface area contributed by atoms with Crippen LogP contribution in [-0.4, -0.2) is 10.1 Å². The smallest absolute Gasteiger partial charge is 0.251 e. The lowest BCUT2D eigenvalue weighted by Crippen LogP contribution is -1.95. The van der Waals surface area contributed by atoms with Crippen molar-refractivity contribution in [3.8, 4) is 11.4 Å². The molecule has 3 aromatic rings. The number of hydrogen-bond donors (Lipinski definition) is 1. The van der Waals surface area contributed by atoms with Gasteiger partial charge in [0, 0.05) is 24.1 Å². The second-order valence-corrected chi connectivity index (χ2v) is 6.25. The lowest BCUT2D eigenvalue weighted by molar-refractivity contribution is 0.411. The SMILES string of the molecule is CC1CC1c1ccc(/C=C/c2nc(-c3ccc(CN)cc3)no2)o1. The van der Waals surface area contributed by atoms with Crippen molar-refractivity contribution < 1.29 is 8.94 Å². The zero-order chi connectivity index (χ0) is 16.5. The number of nitrogens with two attached hydrogens (primary N) is 1. The number of nitrogens with zero attached hydrogens (tertiary/aromatic N) is 2. The van der Waals surface area contributed by atoms with Crippen molar-refractivity contribution in [1.29, 1.82) is 0 Å². The molecular weight excluding hydrogens is 302 g/mol. The fourth-order valence-corrected chi connectivity index (χ4v) is 2.74. The van der Waals surface area contributed by atoms with Crippen LogP contribution in [0.1, 0.15) is 42.2 Å². The average molecular weight is 321 g/mol. The van der Waals surface area contributed by atoms with Gasteiger partial charge in [0.05, 0.1) is 0 Å². The van der Waals surface area contributed by atoms with Crippen LogP contribution in [-0.2, 0) is 6.54 Å². The molecule has 2 heterocycles. The second kappa shape index (κ2) is 6.09. The largest absolute Gasteiger partial charge is 0.461 e. The molecule has 5 nitrogen and oxygen atoms in total. The lowest BCUT2D eigenvalue weighted by atomic mass is 10.1. The van der Waals surface area contributed by atoms with Gasteiger partial charge in [-0.15, -0.1) is 0 Å². The monoisotopic (exact) mass is 321 g/mol. The molecule has 122 valence electrons. The minimum Gasteiger partial charge on any atom is -0.461 e. The van der Waals surface area contributed by atoms with Crippen molar-refractivity contribution in [2.75, 3.05) is 0 Å². The summed E-state index contributed by atoms with van der Waals surface area (Å²) in [5.41, 5.74) is 7.57. The first-order valence-corrected chi connectivity index (χ1v) is 8.14. The van der Waals surface area contributed by atoms with Gasteiger partial charge >= 0.3 is 0 Å². The average Bonchev–Trinajstić information content (AvgIpc) is 3.04. The highest BCUT2D eigenvalue weighted by Crippen LogP contribution is 2.47. The summed E-state index contributed by atoms with van der Waals surface area (Å²) in [5, 5.41) is 4.01. The molecule has 1 fully saturated rings. The molecule has 1 aliphatic carbocycles. The Balaban J connectivity index is 1.47. The van der Waals surface area contributed by atoms with Crippen molar-refractivity contribution in [3.63, 3.8) is 0 Å². The van der Waals surface area contributed by atoms with Crippen LogP contribution >= 0.6 is 0 Å². The van der Waals surface area contributed by atoms with E-state index in [4.69, 9.17) is 14.7 Å². The molecule has 0 aliphatic heterocycles. The standard InChI is InChI=1S/C19H19N3O2/c1-12-10-16(12)17-8-6-15(23-17)7-9-18-21-19(22-24-18)14-4-2-13(11-20)3-5-14/h2-9,12,16H,10-11,20H2,1H3/b9-7+. The topological polar surface area (TPSA) is 78.1 Å². The van der Waals surface area contributed by atoms with Crippen LogP contribution in [0, 0.1) is 5.92 Å². The van der Waals surface area contributed by atoms with E-state index < -0.39 is 0 Å². The molecule has 0 amide bonds. The summed E-state index contributed by atoms with van der Waals surface area (Å²) in [5.74, 6) is 4.19. The lowest BCUT2D eigenvalue weighted by Gasteiger charge is -1.97. The van der Waals surface area contributed by atoms with E-state index in [9.17, 15) is 0 Å². The Morgan fingerprint density at radius 3 is 2.67 bits per heavy atom. The van der Waals surface area contributed by atoms with Gasteiger partial charge in [0.1, 0.15) is 11.5 Å². The van der Waals surface area contributed by atoms with Crippen LogP contribution in [0.2, 0.25) is 0 Å². The summed E-state index contributed by atoms with van der Waals surface area (Å²) in [6, 6.07) is 11.8. The van der Waals surface area contributed by atoms with E-state index in [1.54, 1.807) is 6.08 Å². The van der Waals surface area contributed by atoms with Crippen LogP contribution in [0.3, 0.4) is 0 Å². The summed E-state index contributed by atoms with van der Waals surface area (Å²) < 4.78 is 11.1. The molecule has 4 rings (SSSR count). The molecule has 24 heavy (non-hydrogen) atoms. The predicted molar refractivity (Wildman–Crippen MR) is 91.8 cm³/mol. The molecule has 0 spiro atoms.